The van der Waals surface area contributed by atoms with Crippen LogP contribution < -0.4 is 10.1 Å². The summed E-state index contributed by atoms with van der Waals surface area (Å²) in [6, 6.07) is 8.63. The van der Waals surface area contributed by atoms with Crippen molar-refractivity contribution in [3.63, 3.8) is 0 Å². The van der Waals surface area contributed by atoms with Gasteiger partial charge in [-0.3, -0.25) is 4.98 Å². The van der Waals surface area contributed by atoms with E-state index in [1.807, 2.05) is 26.0 Å². The molecule has 0 bridgehead atoms. The number of rotatable bonds is 5. The fourth-order valence-corrected chi connectivity index (χ4v) is 1.68. The third-order valence-corrected chi connectivity index (χ3v) is 2.54. The van der Waals surface area contributed by atoms with Crippen LogP contribution in [0.25, 0.3) is 0 Å². The van der Waals surface area contributed by atoms with Crippen LogP contribution >= 0.6 is 0 Å². The zero-order valence-electron chi connectivity index (χ0n) is 11.1. The van der Waals surface area contributed by atoms with Gasteiger partial charge in [0.25, 0.3) is 0 Å². The van der Waals surface area contributed by atoms with Crippen molar-refractivity contribution in [1.82, 2.24) is 4.98 Å². The fourth-order valence-electron chi connectivity index (χ4n) is 1.68. The molecule has 0 aliphatic carbocycles. The molecule has 4 heteroatoms. The van der Waals surface area contributed by atoms with Gasteiger partial charge in [-0.05, 0) is 43.7 Å². The Balaban J connectivity index is 2.01. The molecule has 19 heavy (non-hydrogen) atoms. The molecule has 0 amide bonds. The number of benzene rings is 1. The number of pyridine rings is 1. The molecule has 0 saturated heterocycles. The monoisotopic (exact) mass is 260 g/mol. The smallest absolute Gasteiger partial charge is 0.149 e. The molecule has 1 N–H and O–H groups in total. The van der Waals surface area contributed by atoms with Gasteiger partial charge in [-0.25, -0.2) is 4.39 Å². The number of ether oxygens (including phenoxy) is 1. The zero-order valence-corrected chi connectivity index (χ0v) is 11.1. The van der Waals surface area contributed by atoms with Crippen LogP contribution in [0.4, 0.5) is 10.1 Å². The van der Waals surface area contributed by atoms with E-state index in [0.29, 0.717) is 18.0 Å². The Morgan fingerprint density at radius 3 is 2.58 bits per heavy atom. The number of nitrogens with one attached hydrogen (secondary N) is 1. The van der Waals surface area contributed by atoms with E-state index >= 15 is 0 Å². The van der Waals surface area contributed by atoms with E-state index in [4.69, 9.17) is 4.74 Å². The average molecular weight is 260 g/mol. The van der Waals surface area contributed by atoms with Crippen LogP contribution in [0.1, 0.15) is 19.4 Å². The highest BCUT2D eigenvalue weighted by Gasteiger charge is 2.05. The topological polar surface area (TPSA) is 34.1 Å². The molecule has 3 nitrogen and oxygen atoms in total. The second-order valence-electron chi connectivity index (χ2n) is 4.52. The van der Waals surface area contributed by atoms with Crippen LogP contribution in [0.3, 0.4) is 0 Å². The van der Waals surface area contributed by atoms with Gasteiger partial charge in [-0.2, -0.15) is 0 Å². The molecule has 2 aromatic rings. The SMILES string of the molecule is CC(C)Oc1ccc(NCc2ccncc2)c(F)c1. The number of hydrogen-bond donors (Lipinski definition) is 1. The molecule has 0 fully saturated rings. The molecule has 0 atom stereocenters. The van der Waals surface area contributed by atoms with E-state index in [0.717, 1.165) is 5.56 Å². The number of anilines is 1. The van der Waals surface area contributed by atoms with Crippen LogP contribution in [-0.4, -0.2) is 11.1 Å². The molecule has 0 radical (unpaired) electrons. The molecule has 0 saturated carbocycles. The summed E-state index contributed by atoms with van der Waals surface area (Å²) in [6.45, 7) is 4.38. The second-order valence-corrected chi connectivity index (χ2v) is 4.52. The molecule has 0 aliphatic rings. The van der Waals surface area contributed by atoms with Crippen molar-refractivity contribution >= 4 is 5.69 Å². The Bertz CT molecular complexity index is 529. The van der Waals surface area contributed by atoms with E-state index in [2.05, 4.69) is 10.3 Å². The van der Waals surface area contributed by atoms with Crippen molar-refractivity contribution in [1.29, 1.82) is 0 Å². The van der Waals surface area contributed by atoms with Crippen molar-refractivity contribution in [2.75, 3.05) is 5.32 Å². The second kappa shape index (κ2) is 6.18. The molecule has 1 aromatic heterocycles. The van der Waals surface area contributed by atoms with Gasteiger partial charge in [0.2, 0.25) is 0 Å². The molecule has 0 aliphatic heterocycles. The first kappa shape index (κ1) is 13.3. The Kier molecular flexibility index (Phi) is 4.34. The Labute approximate surface area is 112 Å². The summed E-state index contributed by atoms with van der Waals surface area (Å²) in [5, 5.41) is 3.05. The standard InChI is InChI=1S/C15H17FN2O/c1-11(2)19-13-3-4-15(14(16)9-13)18-10-12-5-7-17-8-6-12/h3-9,11,18H,10H2,1-2H3. The Morgan fingerprint density at radius 2 is 1.95 bits per heavy atom. The lowest BCUT2D eigenvalue weighted by molar-refractivity contribution is 0.241. The van der Waals surface area contributed by atoms with E-state index in [1.54, 1.807) is 24.5 Å². The molecular weight excluding hydrogens is 243 g/mol. The summed E-state index contributed by atoms with van der Waals surface area (Å²) in [7, 11) is 0. The maximum atomic E-state index is 13.8. The number of hydrogen-bond acceptors (Lipinski definition) is 3. The lowest BCUT2D eigenvalue weighted by Crippen LogP contribution is -2.06. The van der Waals surface area contributed by atoms with Crippen molar-refractivity contribution < 1.29 is 9.13 Å². The van der Waals surface area contributed by atoms with Crippen LogP contribution in [0.2, 0.25) is 0 Å². The fraction of sp³-hybridized carbons (Fsp3) is 0.267. The summed E-state index contributed by atoms with van der Waals surface area (Å²) in [5.41, 5.74) is 1.52. The zero-order chi connectivity index (χ0) is 13.7. The maximum Gasteiger partial charge on any atom is 0.149 e. The third-order valence-electron chi connectivity index (χ3n) is 2.54. The van der Waals surface area contributed by atoms with Crippen molar-refractivity contribution in [2.45, 2.75) is 26.5 Å². The van der Waals surface area contributed by atoms with Crippen molar-refractivity contribution in [3.8, 4) is 5.75 Å². The first-order valence-electron chi connectivity index (χ1n) is 6.24. The summed E-state index contributed by atoms with van der Waals surface area (Å²) in [4.78, 5) is 3.94. The molecule has 0 spiro atoms. The van der Waals surface area contributed by atoms with Gasteiger partial charge in [0.15, 0.2) is 0 Å². The normalized spacial score (nSPS) is 10.5. The minimum atomic E-state index is -0.313. The number of nitrogens with zero attached hydrogens (tertiary/aromatic N) is 1. The van der Waals surface area contributed by atoms with Gasteiger partial charge >= 0.3 is 0 Å². The van der Waals surface area contributed by atoms with E-state index < -0.39 is 0 Å². The summed E-state index contributed by atoms with van der Waals surface area (Å²) in [6.07, 6.45) is 3.47. The molecule has 100 valence electrons. The van der Waals surface area contributed by atoms with E-state index in [-0.39, 0.29) is 11.9 Å². The minimum Gasteiger partial charge on any atom is -0.491 e. The number of aromatic nitrogens is 1. The quantitative estimate of drug-likeness (QED) is 0.891. The summed E-state index contributed by atoms with van der Waals surface area (Å²) >= 11 is 0. The van der Waals surface area contributed by atoms with Crippen molar-refractivity contribution in [2.24, 2.45) is 0 Å². The van der Waals surface area contributed by atoms with Gasteiger partial charge in [0.05, 0.1) is 11.8 Å². The Hall–Kier alpha value is -2.10. The van der Waals surface area contributed by atoms with E-state index in [9.17, 15) is 4.39 Å². The number of halogens is 1. The lowest BCUT2D eigenvalue weighted by Gasteiger charge is -2.12. The Morgan fingerprint density at radius 1 is 1.21 bits per heavy atom. The molecule has 1 heterocycles. The highest BCUT2D eigenvalue weighted by Crippen LogP contribution is 2.22. The predicted octanol–water partition coefficient (Wildman–Crippen LogP) is 3.62. The molecular formula is C15H17FN2O. The van der Waals surface area contributed by atoms with Gasteiger partial charge in [-0.1, -0.05) is 0 Å². The minimum absolute atomic E-state index is 0.0371. The van der Waals surface area contributed by atoms with Gasteiger partial charge in [0, 0.05) is 25.0 Å². The highest BCUT2D eigenvalue weighted by atomic mass is 19.1. The third kappa shape index (κ3) is 3.95. The van der Waals surface area contributed by atoms with Gasteiger partial charge in [-0.15, -0.1) is 0 Å². The maximum absolute atomic E-state index is 13.8. The highest BCUT2D eigenvalue weighted by molar-refractivity contribution is 5.48. The van der Waals surface area contributed by atoms with Crippen LogP contribution in [-0.2, 0) is 6.54 Å². The predicted molar refractivity (Wildman–Crippen MR) is 73.7 cm³/mol. The average Bonchev–Trinajstić information content (AvgIpc) is 2.38. The van der Waals surface area contributed by atoms with Crippen molar-refractivity contribution in [3.05, 3.63) is 54.1 Å². The lowest BCUT2D eigenvalue weighted by atomic mass is 10.2. The first-order valence-corrected chi connectivity index (χ1v) is 6.24. The van der Waals surface area contributed by atoms with Crippen LogP contribution in [0.5, 0.6) is 5.75 Å². The molecule has 1 aromatic carbocycles. The van der Waals surface area contributed by atoms with Gasteiger partial charge in [0.1, 0.15) is 11.6 Å². The van der Waals surface area contributed by atoms with Crippen LogP contribution in [0, 0.1) is 5.82 Å². The largest absolute Gasteiger partial charge is 0.491 e. The van der Waals surface area contributed by atoms with Gasteiger partial charge < -0.3 is 10.1 Å². The first-order chi connectivity index (χ1) is 9.15. The summed E-state index contributed by atoms with van der Waals surface area (Å²) in [5.74, 6) is 0.231. The summed E-state index contributed by atoms with van der Waals surface area (Å²) < 4.78 is 19.3. The van der Waals surface area contributed by atoms with Crippen LogP contribution in [0.15, 0.2) is 42.7 Å². The van der Waals surface area contributed by atoms with E-state index in [1.165, 1.54) is 6.07 Å². The molecule has 2 rings (SSSR count). The molecule has 0 unspecified atom stereocenters.